The Morgan fingerprint density at radius 3 is 2.57 bits per heavy atom. The number of nitrogens with one attached hydrogen (secondary N) is 1. The first-order valence-corrected chi connectivity index (χ1v) is 11.0. The summed E-state index contributed by atoms with van der Waals surface area (Å²) >= 11 is 7.75. The summed E-state index contributed by atoms with van der Waals surface area (Å²) in [6, 6.07) is 20.6. The summed E-state index contributed by atoms with van der Waals surface area (Å²) in [6.07, 6.45) is 0. The van der Waals surface area contributed by atoms with E-state index in [2.05, 4.69) is 11.4 Å². The molecule has 0 saturated carbocycles. The van der Waals surface area contributed by atoms with Gasteiger partial charge in [0.25, 0.3) is 5.91 Å². The summed E-state index contributed by atoms with van der Waals surface area (Å²) in [4.78, 5) is 27.5. The standard InChI is InChI=1S/C24H21ClN2O2S/c1-15-11-12-21(16(2)13-15)27-22(28)14-30-24(27)18-8-4-6-10-20(18)26-23(29)17-7-3-5-9-19(17)25/h3-13,24H,14H2,1-2H3,(H,26,29)/t24-/m0/s1. The lowest BCUT2D eigenvalue weighted by Gasteiger charge is -2.27. The SMILES string of the molecule is Cc1ccc(N2C(=O)CS[C@H]2c2ccccc2NC(=O)c2ccccc2Cl)c(C)c1. The van der Waals surface area contributed by atoms with Crippen LogP contribution in [0.25, 0.3) is 0 Å². The third kappa shape index (κ3) is 3.95. The number of rotatable bonds is 4. The number of hydrogen-bond donors (Lipinski definition) is 1. The maximum atomic E-state index is 12.8. The molecule has 152 valence electrons. The van der Waals surface area contributed by atoms with Gasteiger partial charge in [0.2, 0.25) is 5.91 Å². The van der Waals surface area contributed by atoms with Crippen molar-refractivity contribution < 1.29 is 9.59 Å². The predicted molar refractivity (Wildman–Crippen MR) is 124 cm³/mol. The van der Waals surface area contributed by atoms with Crippen LogP contribution in [0.2, 0.25) is 5.02 Å². The average Bonchev–Trinajstić information content (AvgIpc) is 3.10. The van der Waals surface area contributed by atoms with Crippen LogP contribution in [0, 0.1) is 13.8 Å². The second-order valence-corrected chi connectivity index (χ2v) is 8.71. The van der Waals surface area contributed by atoms with Gasteiger partial charge < -0.3 is 5.32 Å². The van der Waals surface area contributed by atoms with Crippen LogP contribution in [0.3, 0.4) is 0 Å². The van der Waals surface area contributed by atoms with Crippen molar-refractivity contribution in [3.05, 3.63) is 94.0 Å². The molecule has 4 rings (SSSR count). The molecule has 3 aromatic carbocycles. The van der Waals surface area contributed by atoms with E-state index in [1.165, 1.54) is 0 Å². The minimum atomic E-state index is -0.277. The Morgan fingerprint density at radius 1 is 1.07 bits per heavy atom. The molecule has 0 radical (unpaired) electrons. The van der Waals surface area contributed by atoms with Gasteiger partial charge in [-0.2, -0.15) is 0 Å². The largest absolute Gasteiger partial charge is 0.322 e. The van der Waals surface area contributed by atoms with Crippen molar-refractivity contribution in [1.82, 2.24) is 0 Å². The van der Waals surface area contributed by atoms with Crippen LogP contribution in [-0.2, 0) is 4.79 Å². The third-order valence-electron chi connectivity index (χ3n) is 5.07. The van der Waals surface area contributed by atoms with E-state index in [-0.39, 0.29) is 17.2 Å². The van der Waals surface area contributed by atoms with Gasteiger partial charge in [-0.25, -0.2) is 0 Å². The van der Waals surface area contributed by atoms with E-state index in [1.54, 1.807) is 36.0 Å². The van der Waals surface area contributed by atoms with Gasteiger partial charge in [-0.05, 0) is 43.7 Å². The van der Waals surface area contributed by atoms with Crippen LogP contribution in [0.5, 0.6) is 0 Å². The fourth-order valence-corrected chi connectivity index (χ4v) is 5.08. The summed E-state index contributed by atoms with van der Waals surface area (Å²) in [5, 5.41) is 3.16. The highest BCUT2D eigenvalue weighted by atomic mass is 35.5. The number of thioether (sulfide) groups is 1. The Kier molecular flexibility index (Phi) is 5.84. The molecular formula is C24H21ClN2O2S. The highest BCUT2D eigenvalue weighted by Crippen LogP contribution is 2.45. The summed E-state index contributed by atoms with van der Waals surface area (Å²) < 4.78 is 0. The van der Waals surface area contributed by atoms with Gasteiger partial charge in [-0.1, -0.05) is 59.6 Å². The Balaban J connectivity index is 1.69. The number of anilines is 2. The molecule has 3 aromatic rings. The second-order valence-electron chi connectivity index (χ2n) is 7.24. The lowest BCUT2D eigenvalue weighted by atomic mass is 10.1. The molecule has 0 spiro atoms. The van der Waals surface area contributed by atoms with Crippen LogP contribution in [0.4, 0.5) is 11.4 Å². The van der Waals surface area contributed by atoms with E-state index in [0.717, 1.165) is 22.4 Å². The number of halogens is 1. The molecule has 0 aliphatic carbocycles. The highest BCUT2D eigenvalue weighted by molar-refractivity contribution is 8.00. The van der Waals surface area contributed by atoms with Crippen LogP contribution >= 0.6 is 23.4 Å². The first-order chi connectivity index (χ1) is 14.5. The highest BCUT2D eigenvalue weighted by Gasteiger charge is 2.36. The minimum absolute atomic E-state index is 0.0594. The van der Waals surface area contributed by atoms with E-state index in [0.29, 0.717) is 22.0 Å². The van der Waals surface area contributed by atoms with Gasteiger partial charge >= 0.3 is 0 Å². The normalized spacial score (nSPS) is 16.0. The van der Waals surface area contributed by atoms with Gasteiger partial charge in [0.1, 0.15) is 5.37 Å². The minimum Gasteiger partial charge on any atom is -0.322 e. The fourth-order valence-electron chi connectivity index (χ4n) is 3.65. The number of carbonyl (C=O) groups is 2. The number of carbonyl (C=O) groups excluding carboxylic acids is 2. The number of aryl methyl sites for hydroxylation is 2. The van der Waals surface area contributed by atoms with Crippen molar-refractivity contribution in [2.45, 2.75) is 19.2 Å². The number of para-hydroxylation sites is 1. The summed E-state index contributed by atoms with van der Waals surface area (Å²) in [5.74, 6) is 0.176. The molecule has 2 amide bonds. The quantitative estimate of drug-likeness (QED) is 0.546. The maximum Gasteiger partial charge on any atom is 0.257 e. The zero-order valence-electron chi connectivity index (χ0n) is 16.7. The lowest BCUT2D eigenvalue weighted by molar-refractivity contribution is -0.115. The van der Waals surface area contributed by atoms with E-state index in [9.17, 15) is 9.59 Å². The molecule has 30 heavy (non-hydrogen) atoms. The third-order valence-corrected chi connectivity index (χ3v) is 6.60. The monoisotopic (exact) mass is 436 g/mol. The van der Waals surface area contributed by atoms with Crippen LogP contribution in [0.1, 0.15) is 32.4 Å². The van der Waals surface area contributed by atoms with Gasteiger partial charge in [0, 0.05) is 16.9 Å². The van der Waals surface area contributed by atoms with Crippen LogP contribution < -0.4 is 10.2 Å². The zero-order valence-corrected chi connectivity index (χ0v) is 18.3. The lowest BCUT2D eigenvalue weighted by Crippen LogP contribution is -2.29. The van der Waals surface area contributed by atoms with Crippen molar-refractivity contribution in [2.75, 3.05) is 16.0 Å². The molecule has 1 fully saturated rings. The molecule has 6 heteroatoms. The topological polar surface area (TPSA) is 49.4 Å². The second kappa shape index (κ2) is 8.54. The Hall–Kier alpha value is -2.76. The number of nitrogens with zero attached hydrogens (tertiary/aromatic N) is 1. The molecule has 4 nitrogen and oxygen atoms in total. The molecule has 1 saturated heterocycles. The Morgan fingerprint density at radius 2 is 1.80 bits per heavy atom. The van der Waals surface area contributed by atoms with Gasteiger partial charge in [-0.3, -0.25) is 14.5 Å². The van der Waals surface area contributed by atoms with Crippen molar-refractivity contribution in [2.24, 2.45) is 0 Å². The molecular weight excluding hydrogens is 416 g/mol. The molecule has 1 heterocycles. The predicted octanol–water partition coefficient (Wildman–Crippen LogP) is 5.99. The first-order valence-electron chi connectivity index (χ1n) is 9.61. The van der Waals surface area contributed by atoms with Gasteiger partial charge in [0.15, 0.2) is 0 Å². The molecule has 0 bridgehead atoms. The molecule has 1 atom stereocenters. The van der Waals surface area contributed by atoms with Crippen molar-refractivity contribution >= 4 is 46.6 Å². The summed E-state index contributed by atoms with van der Waals surface area (Å²) in [6.45, 7) is 4.05. The fraction of sp³-hybridized carbons (Fsp3) is 0.167. The molecule has 1 aliphatic heterocycles. The van der Waals surface area contributed by atoms with E-state index >= 15 is 0 Å². The molecule has 0 unspecified atom stereocenters. The van der Waals surface area contributed by atoms with E-state index < -0.39 is 0 Å². The van der Waals surface area contributed by atoms with Gasteiger partial charge in [0.05, 0.1) is 16.3 Å². The maximum absolute atomic E-state index is 12.8. The summed E-state index contributed by atoms with van der Waals surface area (Å²) in [5.41, 5.74) is 5.06. The number of hydrogen-bond acceptors (Lipinski definition) is 3. The Bertz CT molecular complexity index is 1130. The van der Waals surface area contributed by atoms with Crippen molar-refractivity contribution in [1.29, 1.82) is 0 Å². The van der Waals surface area contributed by atoms with Crippen molar-refractivity contribution in [3.8, 4) is 0 Å². The number of amides is 2. The van der Waals surface area contributed by atoms with Crippen LogP contribution in [0.15, 0.2) is 66.7 Å². The average molecular weight is 437 g/mol. The first kappa shape index (κ1) is 20.5. The summed E-state index contributed by atoms with van der Waals surface area (Å²) in [7, 11) is 0. The van der Waals surface area contributed by atoms with Crippen molar-refractivity contribution in [3.63, 3.8) is 0 Å². The molecule has 1 aliphatic rings. The number of benzene rings is 3. The molecule has 0 aromatic heterocycles. The van der Waals surface area contributed by atoms with E-state index in [4.69, 9.17) is 11.6 Å². The smallest absolute Gasteiger partial charge is 0.257 e. The Labute approximate surface area is 185 Å². The molecule has 1 N–H and O–H groups in total. The zero-order chi connectivity index (χ0) is 21.3. The van der Waals surface area contributed by atoms with Gasteiger partial charge in [-0.15, -0.1) is 11.8 Å². The van der Waals surface area contributed by atoms with Crippen LogP contribution in [-0.4, -0.2) is 17.6 Å². The van der Waals surface area contributed by atoms with E-state index in [1.807, 2.05) is 55.1 Å².